The Morgan fingerprint density at radius 1 is 0.885 bits per heavy atom. The second-order valence-corrected chi connectivity index (χ2v) is 5.72. The topological polar surface area (TPSA) is 28.5 Å². The maximum Gasteiger partial charge on any atom is 2.00 e. The fourth-order valence-corrected chi connectivity index (χ4v) is 2.76. The van der Waals surface area contributed by atoms with Crippen molar-refractivity contribution in [2.45, 2.75) is 6.42 Å². The first-order chi connectivity index (χ1) is 12.4. The van der Waals surface area contributed by atoms with Crippen LogP contribution in [0.3, 0.4) is 0 Å². The second-order valence-electron chi connectivity index (χ2n) is 5.72. The smallest absolute Gasteiger partial charge is 0.342 e. The number of rotatable bonds is 1. The Morgan fingerprint density at radius 3 is 2.62 bits per heavy atom. The summed E-state index contributed by atoms with van der Waals surface area (Å²) in [4.78, 5) is 11.4. The Kier molecular flexibility index (Phi) is 6.14. The molecule has 0 saturated heterocycles. The van der Waals surface area contributed by atoms with Crippen LogP contribution in [0.1, 0.15) is 17.7 Å². The number of aromatic nitrogens is 1. The molecule has 1 aliphatic heterocycles. The number of nitrogens with zero attached hydrogens (tertiary/aromatic N) is 3. The quantitative estimate of drug-likeness (QED) is 0.425. The van der Waals surface area contributed by atoms with Crippen LogP contribution in [0.5, 0.6) is 0 Å². The number of pyridine rings is 1. The maximum atomic E-state index is 4.79. The first-order valence-corrected chi connectivity index (χ1v) is 8.31. The van der Waals surface area contributed by atoms with E-state index in [1.807, 2.05) is 66.9 Å². The first-order valence-electron chi connectivity index (χ1n) is 8.31. The van der Waals surface area contributed by atoms with Gasteiger partial charge in [0.15, 0.2) is 0 Å². The molecule has 0 amide bonds. The monoisotopic (exact) mass is 518 g/mol. The molecule has 0 spiro atoms. The molecule has 1 aliphatic rings. The molecule has 0 N–H and O–H groups in total. The van der Waals surface area contributed by atoms with Gasteiger partial charge in [-0.3, -0.25) is 6.08 Å². The number of aliphatic imine (C=N–C) groups is 1. The van der Waals surface area contributed by atoms with E-state index in [-0.39, 0.29) is 21.1 Å². The van der Waals surface area contributed by atoms with Crippen molar-refractivity contribution in [2.24, 2.45) is 4.99 Å². The summed E-state index contributed by atoms with van der Waals surface area (Å²) in [6.45, 7) is 0.705. The van der Waals surface area contributed by atoms with Gasteiger partial charge in [-0.25, -0.2) is 6.08 Å². The Bertz CT molecular complexity index is 862. The van der Waals surface area contributed by atoms with Gasteiger partial charge in [0.25, 0.3) is 0 Å². The molecule has 4 bridgehead atoms. The molecule has 1 aromatic heterocycles. The zero-order valence-electron chi connectivity index (χ0n) is 14.1. The number of fused-ring (bicyclic) bond motifs is 4. The fraction of sp³-hybridized carbons (Fsp3) is 0.0909. The molecule has 2 aromatic carbocycles. The van der Waals surface area contributed by atoms with Gasteiger partial charge in [-0.15, -0.1) is 35.9 Å². The molecular formula is C22H17N3Pt. The van der Waals surface area contributed by atoms with Crippen LogP contribution in [0.25, 0.3) is 6.08 Å². The van der Waals surface area contributed by atoms with Crippen LogP contribution in [0, 0.1) is 12.1 Å². The zero-order valence-corrected chi connectivity index (χ0v) is 16.3. The van der Waals surface area contributed by atoms with Crippen LogP contribution < -0.4 is 4.90 Å². The molecule has 4 rings (SSSR count). The normalized spacial score (nSPS) is 13.2. The first kappa shape index (κ1) is 18.3. The van der Waals surface area contributed by atoms with E-state index >= 15 is 0 Å². The summed E-state index contributed by atoms with van der Waals surface area (Å²) in [5, 5.41) is 0. The van der Waals surface area contributed by atoms with Crippen LogP contribution >= 0.6 is 0 Å². The Balaban J connectivity index is 0.00000196. The Morgan fingerprint density at radius 2 is 1.73 bits per heavy atom. The average molecular weight is 518 g/mol. The molecule has 130 valence electrons. The molecule has 2 heterocycles. The third-order valence-corrected chi connectivity index (χ3v) is 3.91. The van der Waals surface area contributed by atoms with Gasteiger partial charge >= 0.3 is 21.1 Å². The van der Waals surface area contributed by atoms with Crippen LogP contribution in [-0.4, -0.2) is 17.7 Å². The van der Waals surface area contributed by atoms with Gasteiger partial charge in [0.1, 0.15) is 5.82 Å². The summed E-state index contributed by atoms with van der Waals surface area (Å²) in [7, 11) is 0. The molecule has 0 aliphatic carbocycles. The third-order valence-electron chi connectivity index (χ3n) is 3.91. The van der Waals surface area contributed by atoms with Crippen molar-refractivity contribution in [3.63, 3.8) is 0 Å². The van der Waals surface area contributed by atoms with Gasteiger partial charge in [0.2, 0.25) is 0 Å². The van der Waals surface area contributed by atoms with Gasteiger partial charge < -0.3 is 14.9 Å². The number of benzene rings is 2. The van der Waals surface area contributed by atoms with Crippen molar-refractivity contribution in [2.75, 3.05) is 11.4 Å². The predicted molar refractivity (Wildman–Crippen MR) is 103 cm³/mol. The number of hydrogen-bond acceptors (Lipinski definition) is 3. The molecule has 26 heavy (non-hydrogen) atoms. The Hall–Kier alpha value is -2.51. The molecule has 4 heteroatoms. The molecular weight excluding hydrogens is 501 g/mol. The van der Waals surface area contributed by atoms with E-state index in [9.17, 15) is 0 Å². The number of hydrogen-bond donors (Lipinski definition) is 0. The third kappa shape index (κ3) is 4.17. The van der Waals surface area contributed by atoms with E-state index in [4.69, 9.17) is 4.98 Å². The maximum absolute atomic E-state index is 4.79. The van der Waals surface area contributed by atoms with Gasteiger partial charge in [-0.2, -0.15) is 0 Å². The number of para-hydroxylation sites is 1. The van der Waals surface area contributed by atoms with Crippen molar-refractivity contribution in [3.05, 3.63) is 90.1 Å². The van der Waals surface area contributed by atoms with E-state index in [0.29, 0.717) is 6.54 Å². The minimum Gasteiger partial charge on any atom is -0.342 e. The predicted octanol–water partition coefficient (Wildman–Crippen LogP) is 4.99. The minimum atomic E-state index is 0. The van der Waals surface area contributed by atoms with E-state index in [1.165, 1.54) is 0 Å². The van der Waals surface area contributed by atoms with Crippen LogP contribution in [0.4, 0.5) is 17.2 Å². The zero-order chi connectivity index (χ0) is 16.9. The number of anilines is 3. The van der Waals surface area contributed by atoms with E-state index in [0.717, 1.165) is 34.9 Å². The summed E-state index contributed by atoms with van der Waals surface area (Å²) < 4.78 is 0. The van der Waals surface area contributed by atoms with Crippen molar-refractivity contribution in [1.82, 2.24) is 4.98 Å². The summed E-state index contributed by atoms with van der Waals surface area (Å²) >= 11 is 0. The van der Waals surface area contributed by atoms with Crippen molar-refractivity contribution in [3.8, 4) is 0 Å². The molecule has 3 aromatic rings. The standard InChI is InChI=1S/C22H17N3.Pt/c1-2-11-20(12-3-1)25-21-13-6-8-18(16-21)17-23-15-5-4-9-19-10-7-14-22(25)24-19;/h1-3,6-14,17H,5,15H2;/q-2;+2. The Labute approximate surface area is 168 Å². The van der Waals surface area contributed by atoms with Gasteiger partial charge in [0, 0.05) is 12.2 Å². The van der Waals surface area contributed by atoms with Crippen molar-refractivity contribution >= 4 is 29.5 Å². The summed E-state index contributed by atoms with van der Waals surface area (Å²) in [6, 6.07) is 25.8. The fourth-order valence-electron chi connectivity index (χ4n) is 2.76. The minimum absolute atomic E-state index is 0. The molecule has 0 unspecified atom stereocenters. The van der Waals surface area contributed by atoms with Gasteiger partial charge in [-0.1, -0.05) is 42.6 Å². The summed E-state index contributed by atoms with van der Waals surface area (Å²) in [5.41, 5.74) is 3.82. The SMILES string of the molecule is [C-]1=Cc2cccc(n2)N(c2ccccc2)c2[c-]c(ccc2)C=NCC1.[Pt+2]. The molecule has 0 fully saturated rings. The van der Waals surface area contributed by atoms with Gasteiger partial charge in [-0.05, 0) is 23.9 Å². The van der Waals surface area contributed by atoms with E-state index in [1.54, 1.807) is 0 Å². The van der Waals surface area contributed by atoms with Crippen molar-refractivity contribution < 1.29 is 21.1 Å². The molecule has 0 radical (unpaired) electrons. The summed E-state index contributed by atoms with van der Waals surface area (Å²) in [6.07, 6.45) is 7.83. The van der Waals surface area contributed by atoms with E-state index < -0.39 is 0 Å². The van der Waals surface area contributed by atoms with Gasteiger partial charge in [0.05, 0.1) is 0 Å². The molecule has 0 atom stereocenters. The van der Waals surface area contributed by atoms with Crippen molar-refractivity contribution in [1.29, 1.82) is 0 Å². The largest absolute Gasteiger partial charge is 2.00 e. The second kappa shape index (κ2) is 8.73. The average Bonchev–Trinajstić information content (AvgIpc) is 2.66. The molecule has 0 saturated carbocycles. The van der Waals surface area contributed by atoms with Crippen LogP contribution in [-0.2, 0) is 21.1 Å². The molecule has 3 nitrogen and oxygen atoms in total. The van der Waals surface area contributed by atoms with Crippen LogP contribution in [0.15, 0.2) is 71.7 Å². The summed E-state index contributed by atoms with van der Waals surface area (Å²) in [5.74, 6) is 0.853. The van der Waals surface area contributed by atoms with Crippen LogP contribution in [0.2, 0.25) is 0 Å². The van der Waals surface area contributed by atoms with E-state index in [2.05, 4.69) is 34.2 Å².